The summed E-state index contributed by atoms with van der Waals surface area (Å²) in [6.07, 6.45) is 3.90. The lowest BCUT2D eigenvalue weighted by atomic mass is 10.1. The van der Waals surface area contributed by atoms with Crippen molar-refractivity contribution in [2.24, 2.45) is 0 Å². The number of nitrogens with zero attached hydrogens (tertiary/aromatic N) is 1. The van der Waals surface area contributed by atoms with E-state index >= 15 is 0 Å². The average molecular weight is 331 g/mol. The number of halogens is 1. The van der Waals surface area contributed by atoms with Crippen molar-refractivity contribution in [1.82, 2.24) is 4.31 Å². The first kappa shape index (κ1) is 17.2. The minimum Gasteiger partial charge on any atom is -0.494 e. The fraction of sp³-hybridized carbons (Fsp3) is 0.600. The van der Waals surface area contributed by atoms with Crippen LogP contribution in [-0.4, -0.2) is 46.1 Å². The highest BCUT2D eigenvalue weighted by atomic mass is 32.2. The van der Waals surface area contributed by atoms with Crippen LogP contribution in [0.15, 0.2) is 23.1 Å². The van der Waals surface area contributed by atoms with Crippen LogP contribution in [0.4, 0.5) is 4.39 Å². The third-order valence-electron chi connectivity index (χ3n) is 3.87. The van der Waals surface area contributed by atoms with Crippen LogP contribution in [-0.2, 0) is 14.8 Å². The molecule has 7 heteroatoms. The molecular formula is C15H22FNO4S. The first-order chi connectivity index (χ1) is 10.4. The van der Waals surface area contributed by atoms with E-state index in [1.807, 2.05) is 0 Å². The fourth-order valence-electron chi connectivity index (χ4n) is 2.47. The van der Waals surface area contributed by atoms with Gasteiger partial charge in [-0.2, -0.15) is 0 Å². The molecule has 0 bridgehead atoms. The van der Waals surface area contributed by atoms with Crippen molar-refractivity contribution < 1.29 is 22.3 Å². The Morgan fingerprint density at radius 1 is 1.41 bits per heavy atom. The average Bonchev–Trinajstić information content (AvgIpc) is 2.53. The molecule has 0 N–H and O–H groups in total. The molecule has 1 aromatic carbocycles. The molecule has 2 rings (SSSR count). The normalized spacial score (nSPS) is 19.4. The van der Waals surface area contributed by atoms with Crippen LogP contribution < -0.4 is 4.74 Å². The third kappa shape index (κ3) is 3.97. The van der Waals surface area contributed by atoms with Crippen LogP contribution in [0.1, 0.15) is 25.7 Å². The number of rotatable bonds is 6. The summed E-state index contributed by atoms with van der Waals surface area (Å²) < 4.78 is 50.2. The molecule has 1 aromatic rings. The molecule has 1 aliphatic heterocycles. The van der Waals surface area contributed by atoms with Gasteiger partial charge < -0.3 is 9.47 Å². The second kappa shape index (κ2) is 7.39. The van der Waals surface area contributed by atoms with Gasteiger partial charge in [-0.25, -0.2) is 17.1 Å². The number of hydrogen-bond acceptors (Lipinski definition) is 4. The van der Waals surface area contributed by atoms with Gasteiger partial charge in [-0.05, 0) is 43.9 Å². The van der Waals surface area contributed by atoms with Gasteiger partial charge in [0.15, 0.2) is 11.6 Å². The summed E-state index contributed by atoms with van der Waals surface area (Å²) in [5.74, 6) is -0.662. The van der Waals surface area contributed by atoms with Crippen molar-refractivity contribution in [3.63, 3.8) is 0 Å². The molecule has 1 saturated heterocycles. The lowest BCUT2D eigenvalue weighted by Crippen LogP contribution is -2.31. The first-order valence-corrected chi connectivity index (χ1v) is 8.80. The van der Waals surface area contributed by atoms with Crippen molar-refractivity contribution in [2.45, 2.75) is 36.7 Å². The van der Waals surface area contributed by atoms with E-state index in [-0.39, 0.29) is 16.7 Å². The van der Waals surface area contributed by atoms with Crippen molar-refractivity contribution in [3.05, 3.63) is 24.0 Å². The highest BCUT2D eigenvalue weighted by Gasteiger charge is 2.24. The molecule has 0 spiro atoms. The molecule has 1 heterocycles. The Bertz CT molecular complexity index is 600. The molecule has 1 fully saturated rings. The summed E-state index contributed by atoms with van der Waals surface area (Å²) in [6, 6.07) is 3.66. The molecular weight excluding hydrogens is 309 g/mol. The molecule has 1 aliphatic rings. The Kier molecular flexibility index (Phi) is 5.77. The van der Waals surface area contributed by atoms with Gasteiger partial charge in [-0.1, -0.05) is 0 Å². The molecule has 22 heavy (non-hydrogen) atoms. The topological polar surface area (TPSA) is 55.8 Å². The molecule has 0 saturated carbocycles. The Morgan fingerprint density at radius 2 is 2.18 bits per heavy atom. The summed E-state index contributed by atoms with van der Waals surface area (Å²) in [6.45, 7) is 1.09. The van der Waals surface area contributed by atoms with Crippen molar-refractivity contribution in [3.8, 4) is 5.75 Å². The number of methoxy groups -OCH3 is 1. The molecule has 0 radical (unpaired) electrons. The summed E-state index contributed by atoms with van der Waals surface area (Å²) >= 11 is 0. The van der Waals surface area contributed by atoms with E-state index in [1.54, 1.807) is 0 Å². The Morgan fingerprint density at radius 3 is 2.77 bits per heavy atom. The van der Waals surface area contributed by atoms with Gasteiger partial charge >= 0.3 is 0 Å². The van der Waals surface area contributed by atoms with Gasteiger partial charge in [0, 0.05) is 20.2 Å². The highest BCUT2D eigenvalue weighted by Crippen LogP contribution is 2.23. The first-order valence-electron chi connectivity index (χ1n) is 7.36. The largest absolute Gasteiger partial charge is 0.494 e. The monoisotopic (exact) mass is 331 g/mol. The van der Waals surface area contributed by atoms with Gasteiger partial charge in [0.2, 0.25) is 10.0 Å². The highest BCUT2D eigenvalue weighted by molar-refractivity contribution is 7.89. The molecule has 0 aromatic heterocycles. The maximum absolute atomic E-state index is 13.7. The second-order valence-corrected chi connectivity index (χ2v) is 7.45. The van der Waals surface area contributed by atoms with Crippen molar-refractivity contribution in [2.75, 3.05) is 27.3 Å². The van der Waals surface area contributed by atoms with E-state index in [2.05, 4.69) is 0 Å². The molecule has 0 aliphatic carbocycles. The zero-order chi connectivity index (χ0) is 16.2. The van der Waals surface area contributed by atoms with Crippen LogP contribution in [0, 0.1) is 5.82 Å². The predicted molar refractivity (Wildman–Crippen MR) is 81.0 cm³/mol. The van der Waals surface area contributed by atoms with Crippen LogP contribution >= 0.6 is 0 Å². The zero-order valence-corrected chi connectivity index (χ0v) is 13.7. The van der Waals surface area contributed by atoms with Crippen LogP contribution in [0.25, 0.3) is 0 Å². The summed E-state index contributed by atoms with van der Waals surface area (Å²) in [7, 11) is -0.869. The molecule has 1 unspecified atom stereocenters. The smallest absolute Gasteiger partial charge is 0.242 e. The summed E-state index contributed by atoms with van der Waals surface area (Å²) in [5.41, 5.74) is 0. The maximum Gasteiger partial charge on any atom is 0.242 e. The molecule has 5 nitrogen and oxygen atoms in total. The summed E-state index contributed by atoms with van der Waals surface area (Å²) in [4.78, 5) is -0.0714. The fourth-order valence-corrected chi connectivity index (χ4v) is 3.67. The molecule has 0 amide bonds. The molecule has 124 valence electrons. The SMILES string of the molecule is COc1ccc(S(=O)(=O)N(C)CCC2CCCCO2)cc1F. The minimum atomic E-state index is -3.71. The van der Waals surface area contributed by atoms with Gasteiger partial charge in [-0.15, -0.1) is 0 Å². The van der Waals surface area contributed by atoms with Crippen LogP contribution in [0.5, 0.6) is 5.75 Å². The Labute approximate surface area is 131 Å². The van der Waals surface area contributed by atoms with E-state index in [4.69, 9.17) is 9.47 Å². The van der Waals surface area contributed by atoms with Gasteiger partial charge in [0.1, 0.15) is 0 Å². The maximum atomic E-state index is 13.7. The number of benzene rings is 1. The van der Waals surface area contributed by atoms with Gasteiger partial charge in [0.05, 0.1) is 18.1 Å². The third-order valence-corrected chi connectivity index (χ3v) is 5.72. The van der Waals surface area contributed by atoms with Gasteiger partial charge in [-0.3, -0.25) is 0 Å². The lowest BCUT2D eigenvalue weighted by Gasteiger charge is -2.25. The van der Waals surface area contributed by atoms with E-state index in [0.717, 1.165) is 31.9 Å². The van der Waals surface area contributed by atoms with Crippen LogP contribution in [0.3, 0.4) is 0 Å². The van der Waals surface area contributed by atoms with E-state index < -0.39 is 15.8 Å². The van der Waals surface area contributed by atoms with E-state index in [0.29, 0.717) is 13.0 Å². The predicted octanol–water partition coefficient (Wildman–Crippen LogP) is 2.41. The Balaban J connectivity index is 2.03. The summed E-state index contributed by atoms with van der Waals surface area (Å²) in [5, 5.41) is 0. The van der Waals surface area contributed by atoms with E-state index in [1.165, 1.54) is 30.6 Å². The van der Waals surface area contributed by atoms with E-state index in [9.17, 15) is 12.8 Å². The van der Waals surface area contributed by atoms with Gasteiger partial charge in [0.25, 0.3) is 0 Å². The number of ether oxygens (including phenoxy) is 2. The number of sulfonamides is 1. The van der Waals surface area contributed by atoms with Crippen LogP contribution in [0.2, 0.25) is 0 Å². The standard InChI is InChI=1S/C15H22FNO4S/c1-17(9-8-12-5-3-4-10-21-12)22(18,19)13-6-7-15(20-2)14(16)11-13/h6-7,11-12H,3-5,8-10H2,1-2H3. The van der Waals surface area contributed by atoms with Crippen molar-refractivity contribution in [1.29, 1.82) is 0 Å². The quantitative estimate of drug-likeness (QED) is 0.803. The zero-order valence-electron chi connectivity index (χ0n) is 12.9. The minimum absolute atomic E-state index is 0.0252. The number of hydrogen-bond donors (Lipinski definition) is 0. The second-order valence-electron chi connectivity index (χ2n) is 5.40. The lowest BCUT2D eigenvalue weighted by molar-refractivity contribution is 0.00950. The Hall–Kier alpha value is -1.18. The molecule has 1 atom stereocenters. The van der Waals surface area contributed by atoms with Crippen molar-refractivity contribution >= 4 is 10.0 Å².